The molecule has 0 saturated heterocycles. The van der Waals surface area contributed by atoms with Crippen molar-refractivity contribution in [2.24, 2.45) is 7.05 Å². The number of hydrogen-bond acceptors (Lipinski definition) is 6. The van der Waals surface area contributed by atoms with Crippen LogP contribution in [0.4, 0.5) is 10.2 Å². The highest BCUT2D eigenvalue weighted by Gasteiger charge is 2.29. The molecule has 0 spiro atoms. The van der Waals surface area contributed by atoms with Crippen molar-refractivity contribution in [1.29, 1.82) is 0 Å². The summed E-state index contributed by atoms with van der Waals surface area (Å²) in [5.74, 6) is -0.138. The zero-order chi connectivity index (χ0) is 23.3. The van der Waals surface area contributed by atoms with Crippen LogP contribution in [0, 0.1) is 5.82 Å². The van der Waals surface area contributed by atoms with Crippen LogP contribution in [0.15, 0.2) is 48.8 Å². The van der Waals surface area contributed by atoms with Gasteiger partial charge >= 0.3 is 0 Å². The van der Waals surface area contributed by atoms with Crippen LogP contribution in [-0.2, 0) is 13.5 Å². The van der Waals surface area contributed by atoms with Crippen molar-refractivity contribution in [3.8, 4) is 28.1 Å². The predicted octanol–water partition coefficient (Wildman–Crippen LogP) is 4.51. The Kier molecular flexibility index (Phi) is 4.92. The lowest BCUT2D eigenvalue weighted by atomic mass is 9.92. The largest absolute Gasteiger partial charge is 0.482 e. The number of nitrogen functional groups attached to an aromatic ring is 1. The summed E-state index contributed by atoms with van der Waals surface area (Å²) in [5, 5.41) is 4.57. The van der Waals surface area contributed by atoms with Crippen molar-refractivity contribution in [3.05, 3.63) is 77.1 Å². The molecular formula is C25H22FN5O2. The third kappa shape index (κ3) is 3.34. The highest BCUT2D eigenvalue weighted by molar-refractivity contribution is 6.14. The quantitative estimate of drug-likeness (QED) is 0.465. The van der Waals surface area contributed by atoms with Crippen LogP contribution in [0.2, 0.25) is 0 Å². The molecule has 0 unspecified atom stereocenters. The molecule has 0 amide bonds. The number of ether oxygens (including phenoxy) is 1. The maximum Gasteiger partial charge on any atom is 0.216 e. The number of fused-ring (bicyclic) bond motifs is 7. The molecule has 1 aromatic carbocycles. The first-order valence-corrected chi connectivity index (χ1v) is 10.7. The Bertz CT molecular complexity index is 1410. The van der Waals surface area contributed by atoms with E-state index in [1.807, 2.05) is 14.0 Å². The number of carbonyl (C=O) groups is 1. The van der Waals surface area contributed by atoms with Gasteiger partial charge in [-0.25, -0.2) is 9.37 Å². The van der Waals surface area contributed by atoms with E-state index in [-0.39, 0.29) is 11.6 Å². The van der Waals surface area contributed by atoms with Gasteiger partial charge in [0.2, 0.25) is 5.78 Å². The summed E-state index contributed by atoms with van der Waals surface area (Å²) in [4.78, 5) is 22.7. The lowest BCUT2D eigenvalue weighted by molar-refractivity contribution is 0.103. The number of pyridine rings is 2. The molecular weight excluding hydrogens is 421 g/mol. The molecule has 33 heavy (non-hydrogen) atoms. The summed E-state index contributed by atoms with van der Waals surface area (Å²) in [5.41, 5.74) is 10.6. The van der Waals surface area contributed by atoms with Crippen molar-refractivity contribution in [2.75, 3.05) is 5.73 Å². The second kappa shape index (κ2) is 7.81. The van der Waals surface area contributed by atoms with Crippen LogP contribution in [-0.4, -0.2) is 25.5 Å². The molecule has 1 atom stereocenters. The maximum absolute atomic E-state index is 14.3. The smallest absolute Gasteiger partial charge is 0.216 e. The Hall–Kier alpha value is -4.07. The van der Waals surface area contributed by atoms with E-state index >= 15 is 0 Å². The second-order valence-corrected chi connectivity index (χ2v) is 7.98. The first kappa shape index (κ1) is 20.8. The van der Waals surface area contributed by atoms with E-state index < -0.39 is 11.9 Å². The molecule has 0 aliphatic carbocycles. The summed E-state index contributed by atoms with van der Waals surface area (Å²) >= 11 is 0. The number of anilines is 1. The fraction of sp³-hybridized carbons (Fsp3) is 0.200. The average Bonchev–Trinajstić information content (AvgIpc) is 3.15. The third-order valence-electron chi connectivity index (χ3n) is 5.95. The van der Waals surface area contributed by atoms with Crippen molar-refractivity contribution < 1.29 is 13.9 Å². The number of benzene rings is 1. The summed E-state index contributed by atoms with van der Waals surface area (Å²) in [6.07, 6.45) is 3.30. The minimum absolute atomic E-state index is 0.203. The van der Waals surface area contributed by atoms with Gasteiger partial charge in [0.15, 0.2) is 11.6 Å². The zero-order valence-electron chi connectivity index (χ0n) is 18.5. The normalized spacial score (nSPS) is 14.9. The summed E-state index contributed by atoms with van der Waals surface area (Å²) < 4.78 is 22.2. The summed E-state index contributed by atoms with van der Waals surface area (Å²) in [7, 11) is 1.81. The number of nitrogens with zero attached hydrogens (tertiary/aromatic N) is 4. The fourth-order valence-corrected chi connectivity index (χ4v) is 4.38. The van der Waals surface area contributed by atoms with Crippen molar-refractivity contribution in [2.45, 2.75) is 26.4 Å². The van der Waals surface area contributed by atoms with Gasteiger partial charge in [-0.05, 0) is 49.7 Å². The molecule has 7 nitrogen and oxygen atoms in total. The van der Waals surface area contributed by atoms with Gasteiger partial charge in [-0.1, -0.05) is 6.92 Å². The van der Waals surface area contributed by atoms with Gasteiger partial charge in [0, 0.05) is 47.4 Å². The van der Waals surface area contributed by atoms with E-state index in [9.17, 15) is 9.18 Å². The first-order valence-electron chi connectivity index (χ1n) is 10.7. The average molecular weight is 443 g/mol. The number of hydrogen-bond donors (Lipinski definition) is 1. The van der Waals surface area contributed by atoms with Gasteiger partial charge in [-0.2, -0.15) is 5.10 Å². The molecule has 2 N–H and O–H groups in total. The number of carbonyl (C=O) groups excluding carboxylic acids is 1. The molecule has 4 aromatic rings. The number of rotatable bonds is 1. The lowest BCUT2D eigenvalue weighted by Crippen LogP contribution is -2.12. The van der Waals surface area contributed by atoms with Gasteiger partial charge in [-0.15, -0.1) is 0 Å². The zero-order valence-corrected chi connectivity index (χ0v) is 18.5. The molecule has 4 heterocycles. The molecule has 3 aromatic heterocycles. The van der Waals surface area contributed by atoms with Crippen molar-refractivity contribution in [1.82, 2.24) is 19.7 Å². The molecule has 0 radical (unpaired) electrons. The molecule has 0 saturated carbocycles. The molecule has 1 aliphatic heterocycles. The lowest BCUT2D eigenvalue weighted by Gasteiger charge is -2.21. The Morgan fingerprint density at radius 1 is 1.15 bits per heavy atom. The minimum atomic E-state index is -0.585. The van der Waals surface area contributed by atoms with Gasteiger partial charge in [0.25, 0.3) is 0 Å². The van der Waals surface area contributed by atoms with Crippen LogP contribution in [0.1, 0.15) is 47.3 Å². The monoisotopic (exact) mass is 443 g/mol. The van der Waals surface area contributed by atoms with Gasteiger partial charge in [0.1, 0.15) is 17.6 Å². The van der Waals surface area contributed by atoms with E-state index in [0.29, 0.717) is 51.4 Å². The van der Waals surface area contributed by atoms with Crippen molar-refractivity contribution >= 4 is 11.6 Å². The van der Waals surface area contributed by atoms with Crippen molar-refractivity contribution in [3.63, 3.8) is 0 Å². The number of aryl methyl sites for hydroxylation is 1. The summed E-state index contributed by atoms with van der Waals surface area (Å²) in [6.45, 7) is 3.80. The standard InChI is InChI=1S/C25H22FN5O2/c1-4-19-21-14-10-20(25(27)29-12-14)33-13(2)18-11-15(26)7-8-16(18)22-17(6-5-9-28-22)24(32)23(21)30-31(19)3/h5-13H,4H2,1-3H3,(H2,27,29)/t13-/m1/s1. The van der Waals surface area contributed by atoms with E-state index in [0.717, 1.165) is 5.69 Å². The van der Waals surface area contributed by atoms with Crippen LogP contribution < -0.4 is 10.5 Å². The molecule has 0 fully saturated rings. The van der Waals surface area contributed by atoms with E-state index in [2.05, 4.69) is 15.1 Å². The second-order valence-electron chi connectivity index (χ2n) is 7.98. The molecule has 1 aliphatic rings. The summed E-state index contributed by atoms with van der Waals surface area (Å²) in [6, 6.07) is 9.53. The minimum Gasteiger partial charge on any atom is -0.482 e. The number of ketones is 1. The Morgan fingerprint density at radius 2 is 1.97 bits per heavy atom. The molecule has 8 heteroatoms. The van der Waals surface area contributed by atoms with Crippen LogP contribution >= 0.6 is 0 Å². The van der Waals surface area contributed by atoms with E-state index in [1.54, 1.807) is 48.3 Å². The first-order chi connectivity index (χ1) is 15.9. The van der Waals surface area contributed by atoms with Crippen LogP contribution in [0.25, 0.3) is 22.4 Å². The van der Waals surface area contributed by atoms with E-state index in [1.165, 1.54) is 12.1 Å². The van der Waals surface area contributed by atoms with Gasteiger partial charge in [0.05, 0.1) is 11.3 Å². The number of aromatic nitrogens is 4. The van der Waals surface area contributed by atoms with E-state index in [4.69, 9.17) is 10.5 Å². The topological polar surface area (TPSA) is 95.9 Å². The van der Waals surface area contributed by atoms with Gasteiger partial charge < -0.3 is 10.5 Å². The molecule has 166 valence electrons. The SMILES string of the molecule is CCc1c2c(nn1C)C(=O)c1cccnc1-c1ccc(F)cc1[C@@H](C)Oc1cc-2cnc1N. The van der Waals surface area contributed by atoms with Crippen LogP contribution in [0.5, 0.6) is 5.75 Å². The molecule has 2 bridgehead atoms. The maximum atomic E-state index is 14.3. The fourth-order valence-electron chi connectivity index (χ4n) is 4.38. The highest BCUT2D eigenvalue weighted by atomic mass is 19.1. The number of nitrogens with two attached hydrogens (primary N) is 1. The highest BCUT2D eigenvalue weighted by Crippen LogP contribution is 2.39. The molecule has 5 rings (SSSR count). The Balaban J connectivity index is 1.89. The van der Waals surface area contributed by atoms with Gasteiger partial charge in [-0.3, -0.25) is 14.5 Å². The Labute approximate surface area is 190 Å². The Morgan fingerprint density at radius 3 is 2.76 bits per heavy atom. The third-order valence-corrected chi connectivity index (χ3v) is 5.95. The number of halogens is 1. The predicted molar refractivity (Wildman–Crippen MR) is 122 cm³/mol. The van der Waals surface area contributed by atoms with Crippen LogP contribution in [0.3, 0.4) is 0 Å².